The van der Waals surface area contributed by atoms with E-state index in [0.717, 1.165) is 0 Å². The normalized spacial score (nSPS) is 18.6. The van der Waals surface area contributed by atoms with Gasteiger partial charge in [0, 0.05) is 62.0 Å². The van der Waals surface area contributed by atoms with Crippen LogP contribution in [0.1, 0.15) is 73.4 Å². The molecular formula is C36H45Cl5I2N4O9. The molecular weight excluding hydrogens is 1060 g/mol. The van der Waals surface area contributed by atoms with E-state index in [1.807, 2.05) is 64.1 Å². The third kappa shape index (κ3) is 13.1. The summed E-state index contributed by atoms with van der Waals surface area (Å²) in [7, 11) is 0. The molecule has 0 bridgehead atoms. The van der Waals surface area contributed by atoms with Gasteiger partial charge in [-0.15, -0.1) is 12.4 Å². The lowest BCUT2D eigenvalue weighted by molar-refractivity contribution is -0.0158. The second-order valence-corrected chi connectivity index (χ2v) is 18.7. The van der Waals surface area contributed by atoms with E-state index in [9.17, 15) is 24.3 Å². The molecule has 2 aromatic rings. The molecule has 0 saturated carbocycles. The Balaban J connectivity index is 0.000000295. The molecule has 2 saturated heterocycles. The van der Waals surface area contributed by atoms with Crippen LogP contribution in [0.2, 0.25) is 20.1 Å². The number of aromatic carboxylic acids is 1. The van der Waals surface area contributed by atoms with Crippen LogP contribution < -0.4 is 5.32 Å². The van der Waals surface area contributed by atoms with Crippen molar-refractivity contribution >= 4 is 128 Å². The van der Waals surface area contributed by atoms with Crippen LogP contribution in [0, 0.1) is 7.14 Å². The summed E-state index contributed by atoms with van der Waals surface area (Å²) in [4.78, 5) is 54.2. The van der Waals surface area contributed by atoms with Crippen molar-refractivity contribution < 1.29 is 43.2 Å². The van der Waals surface area contributed by atoms with Crippen LogP contribution in [0.15, 0.2) is 12.1 Å². The largest absolute Gasteiger partial charge is 0.478 e. The lowest BCUT2D eigenvalue weighted by atomic mass is 10.0. The second kappa shape index (κ2) is 20.8. The molecule has 2 N–H and O–H groups in total. The molecule has 13 nitrogen and oxygen atoms in total. The Labute approximate surface area is 380 Å². The van der Waals surface area contributed by atoms with Crippen molar-refractivity contribution in [2.45, 2.75) is 78.0 Å². The molecule has 20 heteroatoms. The van der Waals surface area contributed by atoms with Gasteiger partial charge >= 0.3 is 18.2 Å². The van der Waals surface area contributed by atoms with E-state index in [-0.39, 0.29) is 78.0 Å². The summed E-state index contributed by atoms with van der Waals surface area (Å²) in [6.07, 6.45) is -0.736. The zero-order valence-electron chi connectivity index (χ0n) is 31.6. The molecule has 312 valence electrons. The second-order valence-electron chi connectivity index (χ2n) is 15.0. The number of carbonyl (C=O) groups excluding carboxylic acids is 3. The number of ether oxygens (including phenoxy) is 4. The Morgan fingerprint density at radius 2 is 1.46 bits per heavy atom. The van der Waals surface area contributed by atoms with Gasteiger partial charge in [0.15, 0.2) is 0 Å². The highest BCUT2D eigenvalue weighted by Crippen LogP contribution is 2.36. The Hall–Kier alpha value is -1.29. The summed E-state index contributed by atoms with van der Waals surface area (Å²) in [6, 6.07) is 2.68. The number of benzene rings is 2. The molecule has 56 heavy (non-hydrogen) atoms. The Bertz CT molecular complexity index is 1790. The van der Waals surface area contributed by atoms with Gasteiger partial charge in [-0.2, -0.15) is 0 Å². The molecule has 2 fully saturated rings. The molecule has 3 amide bonds. The van der Waals surface area contributed by atoms with E-state index in [1.165, 1.54) is 6.07 Å². The fraction of sp³-hybridized carbons (Fsp3) is 0.556. The van der Waals surface area contributed by atoms with Gasteiger partial charge in [-0.1, -0.05) is 46.4 Å². The van der Waals surface area contributed by atoms with Crippen molar-refractivity contribution in [2.75, 3.05) is 52.5 Å². The maximum absolute atomic E-state index is 13.2. The van der Waals surface area contributed by atoms with Crippen LogP contribution in [-0.2, 0) is 32.2 Å². The van der Waals surface area contributed by atoms with E-state index < -0.39 is 17.2 Å². The predicted octanol–water partition coefficient (Wildman–Crippen LogP) is 8.63. The highest BCUT2D eigenvalue weighted by atomic mass is 127. The number of nitrogens with one attached hydrogen (secondary N) is 1. The maximum Gasteiger partial charge on any atom is 0.410 e. The van der Waals surface area contributed by atoms with Crippen LogP contribution in [0.5, 0.6) is 0 Å². The van der Waals surface area contributed by atoms with Gasteiger partial charge in [0.05, 0.1) is 65.3 Å². The number of fused-ring (bicyclic) bond motifs is 2. The lowest BCUT2D eigenvalue weighted by Gasteiger charge is -2.42. The standard InChI is InChI=1S/C18H23Cl2IN2O5.C18H21Cl2IN2O4.ClH/c1-18(2,3)28-17(26)23-5-4-22-10(7-23)8-27-9-12-11(16(24)25)6-13(19)15(21)14(12)20;1-18(2,3)27-17(25)22-4-5-23-10(7-22)8-26-9-12-11(16(23)24)6-13(19)15(21)14(12)20;/h6,10,22H,4-5,7-9H2,1-3H3,(H,24,25);6,10H,4-5,7-9H2,1-3H3;1H/t2*10-;/m11./s1. The molecule has 0 aromatic heterocycles. The average molecular weight is 1110 g/mol. The van der Waals surface area contributed by atoms with Crippen molar-refractivity contribution in [3.63, 3.8) is 0 Å². The minimum Gasteiger partial charge on any atom is -0.478 e. The third-order valence-corrected chi connectivity index (χ3v) is 13.4. The molecule has 0 aliphatic carbocycles. The van der Waals surface area contributed by atoms with Gasteiger partial charge in [-0.25, -0.2) is 14.4 Å². The van der Waals surface area contributed by atoms with Crippen molar-refractivity contribution in [3.8, 4) is 0 Å². The van der Waals surface area contributed by atoms with Crippen molar-refractivity contribution in [3.05, 3.63) is 61.6 Å². The van der Waals surface area contributed by atoms with E-state index >= 15 is 0 Å². The first-order valence-corrected chi connectivity index (χ1v) is 21.0. The molecule has 0 spiro atoms. The summed E-state index contributed by atoms with van der Waals surface area (Å²) in [5, 5.41) is 14.1. The van der Waals surface area contributed by atoms with Crippen LogP contribution in [-0.4, -0.2) is 120 Å². The molecule has 0 unspecified atom stereocenters. The average Bonchev–Trinajstić information content (AvgIpc) is 3.09. The summed E-state index contributed by atoms with van der Waals surface area (Å²) < 4.78 is 23.7. The number of halogens is 7. The van der Waals surface area contributed by atoms with Gasteiger partial charge in [0.1, 0.15) is 11.2 Å². The van der Waals surface area contributed by atoms with Crippen LogP contribution >= 0.6 is 104 Å². The number of amides is 3. The van der Waals surface area contributed by atoms with Gasteiger partial charge in [0.25, 0.3) is 5.91 Å². The van der Waals surface area contributed by atoms with Gasteiger partial charge < -0.3 is 44.1 Å². The number of piperazine rings is 2. The third-order valence-electron chi connectivity index (χ3n) is 8.41. The van der Waals surface area contributed by atoms with Crippen molar-refractivity contribution in [1.29, 1.82) is 0 Å². The van der Waals surface area contributed by atoms with Gasteiger partial charge in [0.2, 0.25) is 0 Å². The Morgan fingerprint density at radius 1 is 0.893 bits per heavy atom. The monoisotopic (exact) mass is 1110 g/mol. The van der Waals surface area contributed by atoms with Crippen LogP contribution in [0.25, 0.3) is 0 Å². The lowest BCUT2D eigenvalue weighted by Crippen LogP contribution is -2.59. The van der Waals surface area contributed by atoms with E-state index in [1.54, 1.807) is 20.8 Å². The number of nitrogens with zero attached hydrogens (tertiary/aromatic N) is 3. The zero-order valence-corrected chi connectivity index (χ0v) is 39.8. The van der Waals surface area contributed by atoms with E-state index in [4.69, 9.17) is 65.4 Å². The number of rotatable bonds is 5. The molecule has 3 aliphatic rings. The SMILES string of the molecule is CC(C)(C)OC(=O)N1CCN2C(=O)c3cc(Cl)c(I)c(Cl)c3COC[C@H]2C1.CC(C)(C)OC(=O)N1CCN[C@@H](COCc2c(C(=O)O)cc(Cl)c(I)c2Cl)C1.Cl. The van der Waals surface area contributed by atoms with Gasteiger partial charge in [-0.05, 0) is 98.9 Å². The van der Waals surface area contributed by atoms with E-state index in [2.05, 4.69) is 27.9 Å². The zero-order chi connectivity index (χ0) is 41.0. The Kier molecular flexibility index (Phi) is 18.2. The molecule has 3 heterocycles. The Morgan fingerprint density at radius 3 is 2.05 bits per heavy atom. The summed E-state index contributed by atoms with van der Waals surface area (Å²) >= 11 is 29.0. The maximum atomic E-state index is 13.2. The van der Waals surface area contributed by atoms with E-state index in [0.29, 0.717) is 79.8 Å². The van der Waals surface area contributed by atoms with Crippen molar-refractivity contribution in [2.24, 2.45) is 0 Å². The summed E-state index contributed by atoms with van der Waals surface area (Å²) in [5.74, 6) is -1.26. The molecule has 2 aromatic carbocycles. The highest BCUT2D eigenvalue weighted by molar-refractivity contribution is 14.1. The van der Waals surface area contributed by atoms with Crippen LogP contribution in [0.4, 0.5) is 9.59 Å². The number of carboxylic acids is 1. The molecule has 5 rings (SSSR count). The quantitative estimate of drug-likeness (QED) is 0.220. The minimum atomic E-state index is -1.12. The minimum absolute atomic E-state index is 0. The molecule has 0 radical (unpaired) electrons. The highest BCUT2D eigenvalue weighted by Gasteiger charge is 2.37. The predicted molar refractivity (Wildman–Crippen MR) is 234 cm³/mol. The fourth-order valence-electron chi connectivity index (χ4n) is 5.87. The number of carbonyl (C=O) groups is 4. The molecule has 3 aliphatic heterocycles. The first kappa shape index (κ1) is 49.1. The van der Waals surface area contributed by atoms with Gasteiger partial charge in [-0.3, -0.25) is 4.79 Å². The van der Waals surface area contributed by atoms with Crippen molar-refractivity contribution in [1.82, 2.24) is 20.0 Å². The summed E-state index contributed by atoms with van der Waals surface area (Å²) in [6.45, 7) is 14.6. The fourth-order valence-corrected chi connectivity index (χ4v) is 7.85. The summed E-state index contributed by atoms with van der Waals surface area (Å²) in [5.41, 5.74) is 0.392. The smallest absolute Gasteiger partial charge is 0.410 e. The number of hydrogen-bond donors (Lipinski definition) is 2. The first-order valence-electron chi connectivity index (χ1n) is 17.3. The molecule has 2 atom stereocenters. The number of carboxylic acid groups (broad SMARTS) is 1. The number of hydrogen-bond acceptors (Lipinski definition) is 9. The first-order chi connectivity index (χ1) is 25.6. The topological polar surface area (TPSA) is 147 Å². The van der Waals surface area contributed by atoms with Crippen LogP contribution in [0.3, 0.4) is 0 Å².